The lowest BCUT2D eigenvalue weighted by atomic mass is 10.1. The van der Waals surface area contributed by atoms with Crippen LogP contribution in [0.25, 0.3) is 11.5 Å². The van der Waals surface area contributed by atoms with Crippen LogP contribution in [0.5, 0.6) is 0 Å². The Hall–Kier alpha value is -2.74. The van der Waals surface area contributed by atoms with Crippen LogP contribution < -0.4 is 16.8 Å². The first-order valence-electron chi connectivity index (χ1n) is 6.19. The predicted molar refractivity (Wildman–Crippen MR) is 74.9 cm³/mol. The fraction of sp³-hybridized carbons (Fsp3) is 0.231. The quantitative estimate of drug-likeness (QED) is 0.718. The van der Waals surface area contributed by atoms with Gasteiger partial charge in [0.2, 0.25) is 24.1 Å². The van der Waals surface area contributed by atoms with Crippen LogP contribution in [0, 0.1) is 6.92 Å². The van der Waals surface area contributed by atoms with Crippen molar-refractivity contribution < 1.29 is 14.0 Å². The number of primary amides is 1. The van der Waals surface area contributed by atoms with Crippen molar-refractivity contribution in [1.82, 2.24) is 10.2 Å². The van der Waals surface area contributed by atoms with E-state index in [0.29, 0.717) is 11.6 Å². The lowest BCUT2D eigenvalue weighted by Crippen LogP contribution is -2.39. The summed E-state index contributed by atoms with van der Waals surface area (Å²) in [5, 5.41) is 10.1. The summed E-state index contributed by atoms with van der Waals surface area (Å²) in [5.41, 5.74) is 12.7. The highest BCUT2D eigenvalue weighted by molar-refractivity contribution is 5.97. The van der Waals surface area contributed by atoms with Gasteiger partial charge in [-0.15, -0.1) is 10.2 Å². The SMILES string of the molecule is Cc1cc(-c2nnco2)ccc1NC(=O)C(N)CC(N)=O. The maximum absolute atomic E-state index is 11.8. The van der Waals surface area contributed by atoms with Crippen LogP contribution in [0.2, 0.25) is 0 Å². The molecule has 5 N–H and O–H groups in total. The molecule has 2 amide bonds. The highest BCUT2D eigenvalue weighted by Gasteiger charge is 2.17. The Morgan fingerprint density at radius 3 is 2.76 bits per heavy atom. The molecule has 110 valence electrons. The fourth-order valence-corrected chi connectivity index (χ4v) is 1.77. The molecule has 1 unspecified atom stereocenters. The number of aromatic nitrogens is 2. The number of hydrogen-bond donors (Lipinski definition) is 3. The third kappa shape index (κ3) is 3.63. The number of aryl methyl sites for hydroxylation is 1. The number of hydrogen-bond acceptors (Lipinski definition) is 6. The standard InChI is InChI=1S/C13H15N5O3/c1-7-4-8(13-18-16-6-21-13)2-3-10(7)17-12(20)9(14)5-11(15)19/h2-4,6,9H,5,14H2,1H3,(H2,15,19)(H,17,20). The van der Waals surface area contributed by atoms with Gasteiger partial charge in [-0.05, 0) is 30.7 Å². The van der Waals surface area contributed by atoms with Gasteiger partial charge in [0, 0.05) is 11.3 Å². The van der Waals surface area contributed by atoms with E-state index in [9.17, 15) is 9.59 Å². The molecular weight excluding hydrogens is 274 g/mol. The summed E-state index contributed by atoms with van der Waals surface area (Å²) < 4.78 is 5.10. The molecule has 0 aliphatic heterocycles. The maximum atomic E-state index is 11.8. The van der Waals surface area contributed by atoms with Gasteiger partial charge in [-0.25, -0.2) is 0 Å². The largest absolute Gasteiger partial charge is 0.423 e. The molecule has 0 aliphatic rings. The Morgan fingerprint density at radius 1 is 1.43 bits per heavy atom. The normalized spacial score (nSPS) is 11.9. The van der Waals surface area contributed by atoms with Gasteiger partial charge in [-0.1, -0.05) is 0 Å². The molecule has 0 aliphatic carbocycles. The zero-order valence-electron chi connectivity index (χ0n) is 11.4. The molecule has 1 aromatic heterocycles. The van der Waals surface area contributed by atoms with Crippen molar-refractivity contribution in [3.8, 4) is 11.5 Å². The van der Waals surface area contributed by atoms with Gasteiger partial charge in [-0.2, -0.15) is 0 Å². The number of anilines is 1. The zero-order valence-corrected chi connectivity index (χ0v) is 11.4. The molecule has 1 atom stereocenters. The van der Waals surface area contributed by atoms with Gasteiger partial charge in [0.15, 0.2) is 0 Å². The lowest BCUT2D eigenvalue weighted by Gasteiger charge is -2.13. The molecule has 0 saturated carbocycles. The van der Waals surface area contributed by atoms with Crippen LogP contribution in [0.1, 0.15) is 12.0 Å². The average Bonchev–Trinajstić information content (AvgIpc) is 2.94. The summed E-state index contributed by atoms with van der Waals surface area (Å²) >= 11 is 0. The second-order valence-corrected chi connectivity index (χ2v) is 4.54. The number of nitrogens with zero attached hydrogens (tertiary/aromatic N) is 2. The van der Waals surface area contributed by atoms with Crippen molar-refractivity contribution in [2.75, 3.05) is 5.32 Å². The number of nitrogens with one attached hydrogen (secondary N) is 1. The fourth-order valence-electron chi connectivity index (χ4n) is 1.77. The first-order chi connectivity index (χ1) is 9.97. The van der Waals surface area contributed by atoms with Crippen LogP contribution >= 0.6 is 0 Å². The van der Waals surface area contributed by atoms with Gasteiger partial charge < -0.3 is 21.2 Å². The molecule has 8 heteroatoms. The Kier molecular flexibility index (Phi) is 4.29. The van der Waals surface area contributed by atoms with Crippen LogP contribution in [0.15, 0.2) is 29.0 Å². The molecular formula is C13H15N5O3. The molecule has 0 fully saturated rings. The van der Waals surface area contributed by atoms with Crippen molar-refractivity contribution in [1.29, 1.82) is 0 Å². The summed E-state index contributed by atoms with van der Waals surface area (Å²) in [6, 6.07) is 4.25. The summed E-state index contributed by atoms with van der Waals surface area (Å²) in [5.74, 6) is -0.704. The van der Waals surface area contributed by atoms with Crippen molar-refractivity contribution in [3.05, 3.63) is 30.2 Å². The minimum Gasteiger partial charge on any atom is -0.423 e. The Bertz CT molecular complexity index is 654. The molecule has 0 saturated heterocycles. The van der Waals surface area contributed by atoms with Crippen molar-refractivity contribution in [2.45, 2.75) is 19.4 Å². The van der Waals surface area contributed by atoms with Crippen LogP contribution in [-0.2, 0) is 9.59 Å². The van der Waals surface area contributed by atoms with Crippen molar-refractivity contribution in [3.63, 3.8) is 0 Å². The minimum atomic E-state index is -0.975. The summed E-state index contributed by atoms with van der Waals surface area (Å²) in [6.07, 6.45) is 1.04. The van der Waals surface area contributed by atoms with Gasteiger partial charge in [0.05, 0.1) is 12.5 Å². The monoisotopic (exact) mass is 289 g/mol. The molecule has 2 aromatic rings. The summed E-state index contributed by atoms with van der Waals surface area (Å²) in [4.78, 5) is 22.6. The van der Waals surface area contributed by atoms with Crippen molar-refractivity contribution >= 4 is 17.5 Å². The second kappa shape index (κ2) is 6.14. The van der Waals surface area contributed by atoms with E-state index in [4.69, 9.17) is 15.9 Å². The molecule has 1 aromatic carbocycles. The van der Waals surface area contributed by atoms with E-state index in [0.717, 1.165) is 11.1 Å². The van der Waals surface area contributed by atoms with E-state index in [-0.39, 0.29) is 6.42 Å². The van der Waals surface area contributed by atoms with Gasteiger partial charge in [-0.3, -0.25) is 9.59 Å². The number of amides is 2. The topological polar surface area (TPSA) is 137 Å². The van der Waals surface area contributed by atoms with E-state index in [1.54, 1.807) is 18.2 Å². The molecule has 0 spiro atoms. The van der Waals surface area contributed by atoms with Gasteiger partial charge in [0.1, 0.15) is 0 Å². The summed E-state index contributed by atoms with van der Waals surface area (Å²) in [7, 11) is 0. The van der Waals surface area contributed by atoms with Crippen LogP contribution in [0.4, 0.5) is 5.69 Å². The predicted octanol–water partition coefficient (Wildman–Crippen LogP) is 0.186. The molecule has 0 bridgehead atoms. The van der Waals surface area contributed by atoms with E-state index >= 15 is 0 Å². The van der Waals surface area contributed by atoms with E-state index < -0.39 is 17.9 Å². The zero-order chi connectivity index (χ0) is 15.4. The molecule has 0 radical (unpaired) electrons. The number of nitrogens with two attached hydrogens (primary N) is 2. The number of rotatable bonds is 5. The number of carbonyl (C=O) groups excluding carboxylic acids is 2. The third-order valence-electron chi connectivity index (χ3n) is 2.85. The Morgan fingerprint density at radius 2 is 2.19 bits per heavy atom. The first kappa shape index (κ1) is 14.7. The molecule has 21 heavy (non-hydrogen) atoms. The van der Waals surface area contributed by atoms with E-state index in [1.165, 1.54) is 6.39 Å². The van der Waals surface area contributed by atoms with Gasteiger partial charge >= 0.3 is 0 Å². The number of benzene rings is 1. The van der Waals surface area contributed by atoms with Crippen molar-refractivity contribution in [2.24, 2.45) is 11.5 Å². The third-order valence-corrected chi connectivity index (χ3v) is 2.85. The summed E-state index contributed by atoms with van der Waals surface area (Å²) in [6.45, 7) is 1.81. The smallest absolute Gasteiger partial charge is 0.247 e. The Labute approximate surface area is 120 Å². The van der Waals surface area contributed by atoms with E-state index in [1.807, 2.05) is 6.92 Å². The van der Waals surface area contributed by atoms with Gasteiger partial charge in [0.25, 0.3) is 0 Å². The maximum Gasteiger partial charge on any atom is 0.247 e. The first-order valence-corrected chi connectivity index (χ1v) is 6.19. The average molecular weight is 289 g/mol. The highest BCUT2D eigenvalue weighted by Crippen LogP contribution is 2.23. The highest BCUT2D eigenvalue weighted by atomic mass is 16.4. The Balaban J connectivity index is 2.11. The second-order valence-electron chi connectivity index (χ2n) is 4.54. The van der Waals surface area contributed by atoms with E-state index in [2.05, 4.69) is 15.5 Å². The molecule has 2 rings (SSSR count). The lowest BCUT2D eigenvalue weighted by molar-refractivity contribution is -0.123. The molecule has 8 nitrogen and oxygen atoms in total. The van der Waals surface area contributed by atoms with Crippen LogP contribution in [0.3, 0.4) is 0 Å². The minimum absolute atomic E-state index is 0.203. The molecule has 1 heterocycles. The number of carbonyl (C=O) groups is 2. The van der Waals surface area contributed by atoms with Crippen LogP contribution in [-0.4, -0.2) is 28.1 Å².